The standard InChI is InChI=1S/C18H27N3O3/c1-18(2,3)24-17(23)20(4)9-5-10-21-11-8-13-12-14(19)6-7-15(13)16(21)22/h6-7,12H,5,8-11,19H2,1-4H3. The van der Waals surface area contributed by atoms with E-state index >= 15 is 0 Å². The predicted molar refractivity (Wildman–Crippen MR) is 93.9 cm³/mol. The Hall–Kier alpha value is -2.24. The van der Waals surface area contributed by atoms with E-state index in [0.29, 0.717) is 31.7 Å². The average Bonchev–Trinajstić information content (AvgIpc) is 2.47. The Morgan fingerprint density at radius 2 is 2.08 bits per heavy atom. The van der Waals surface area contributed by atoms with Crippen LogP contribution in [0, 0.1) is 0 Å². The van der Waals surface area contributed by atoms with Gasteiger partial charge < -0.3 is 20.3 Å². The van der Waals surface area contributed by atoms with Crippen LogP contribution in [-0.4, -0.2) is 54.1 Å². The number of rotatable bonds is 4. The van der Waals surface area contributed by atoms with Crippen molar-refractivity contribution >= 4 is 17.7 Å². The molecule has 2 N–H and O–H groups in total. The van der Waals surface area contributed by atoms with Crippen LogP contribution in [0.4, 0.5) is 10.5 Å². The molecule has 0 atom stereocenters. The number of hydrogen-bond acceptors (Lipinski definition) is 4. The van der Waals surface area contributed by atoms with Gasteiger partial charge in [0, 0.05) is 37.9 Å². The van der Waals surface area contributed by atoms with Gasteiger partial charge in [-0.25, -0.2) is 4.79 Å². The van der Waals surface area contributed by atoms with Crippen molar-refractivity contribution in [3.63, 3.8) is 0 Å². The number of nitrogens with zero attached hydrogens (tertiary/aromatic N) is 2. The van der Waals surface area contributed by atoms with Crippen molar-refractivity contribution in [3.05, 3.63) is 29.3 Å². The number of nitrogen functional groups attached to an aromatic ring is 1. The van der Waals surface area contributed by atoms with Crippen molar-refractivity contribution in [1.82, 2.24) is 9.80 Å². The molecular weight excluding hydrogens is 306 g/mol. The zero-order valence-electron chi connectivity index (χ0n) is 15.0. The minimum absolute atomic E-state index is 0.0381. The number of anilines is 1. The normalized spacial score (nSPS) is 14.3. The summed E-state index contributed by atoms with van der Waals surface area (Å²) >= 11 is 0. The molecule has 0 fully saturated rings. The number of fused-ring (bicyclic) bond motifs is 1. The average molecular weight is 333 g/mol. The molecule has 0 saturated carbocycles. The number of nitrogens with two attached hydrogens (primary N) is 1. The third-order valence-electron chi connectivity index (χ3n) is 3.92. The van der Waals surface area contributed by atoms with Crippen LogP contribution in [-0.2, 0) is 11.2 Å². The maximum Gasteiger partial charge on any atom is 0.410 e. The number of hydrogen-bond donors (Lipinski definition) is 1. The van der Waals surface area contributed by atoms with Crippen LogP contribution >= 0.6 is 0 Å². The molecule has 132 valence electrons. The summed E-state index contributed by atoms with van der Waals surface area (Å²) < 4.78 is 5.32. The van der Waals surface area contributed by atoms with Gasteiger partial charge >= 0.3 is 6.09 Å². The van der Waals surface area contributed by atoms with Crippen LogP contribution in [0.25, 0.3) is 0 Å². The van der Waals surface area contributed by atoms with E-state index in [4.69, 9.17) is 10.5 Å². The van der Waals surface area contributed by atoms with Gasteiger partial charge in [-0.15, -0.1) is 0 Å². The highest BCUT2D eigenvalue weighted by atomic mass is 16.6. The molecule has 0 radical (unpaired) electrons. The van der Waals surface area contributed by atoms with Gasteiger partial charge in [-0.1, -0.05) is 0 Å². The molecule has 1 aromatic rings. The van der Waals surface area contributed by atoms with Crippen molar-refractivity contribution in [3.8, 4) is 0 Å². The summed E-state index contributed by atoms with van der Waals surface area (Å²) in [6, 6.07) is 5.43. The van der Waals surface area contributed by atoms with E-state index in [1.165, 1.54) is 0 Å². The quantitative estimate of drug-likeness (QED) is 0.859. The van der Waals surface area contributed by atoms with Gasteiger partial charge in [-0.3, -0.25) is 4.79 Å². The number of ether oxygens (including phenoxy) is 1. The van der Waals surface area contributed by atoms with E-state index in [0.717, 1.165) is 17.5 Å². The smallest absolute Gasteiger partial charge is 0.410 e. The van der Waals surface area contributed by atoms with Gasteiger partial charge in [0.05, 0.1) is 0 Å². The van der Waals surface area contributed by atoms with Gasteiger partial charge in [-0.2, -0.15) is 0 Å². The van der Waals surface area contributed by atoms with E-state index in [1.807, 2.05) is 31.7 Å². The SMILES string of the molecule is CN(CCCN1CCc2cc(N)ccc2C1=O)C(=O)OC(C)(C)C. The molecule has 0 bridgehead atoms. The van der Waals surface area contributed by atoms with Crippen LogP contribution in [0.15, 0.2) is 18.2 Å². The van der Waals surface area contributed by atoms with Crippen molar-refractivity contribution in [2.24, 2.45) is 0 Å². The molecule has 24 heavy (non-hydrogen) atoms. The monoisotopic (exact) mass is 333 g/mol. The minimum Gasteiger partial charge on any atom is -0.444 e. The molecule has 2 amide bonds. The van der Waals surface area contributed by atoms with Crippen LogP contribution < -0.4 is 5.73 Å². The first-order valence-electron chi connectivity index (χ1n) is 8.29. The van der Waals surface area contributed by atoms with Gasteiger partial charge in [0.1, 0.15) is 5.60 Å². The Bertz CT molecular complexity index is 622. The summed E-state index contributed by atoms with van der Waals surface area (Å²) in [5.41, 5.74) is 7.71. The second-order valence-corrected chi connectivity index (χ2v) is 7.21. The Morgan fingerprint density at radius 3 is 2.75 bits per heavy atom. The van der Waals surface area contributed by atoms with Crippen LogP contribution in [0.2, 0.25) is 0 Å². The molecule has 0 aliphatic carbocycles. The van der Waals surface area contributed by atoms with Crippen molar-refractivity contribution in [1.29, 1.82) is 0 Å². The third-order valence-corrected chi connectivity index (χ3v) is 3.92. The Kier molecular flexibility index (Phi) is 5.36. The second kappa shape index (κ2) is 7.11. The van der Waals surface area contributed by atoms with Crippen molar-refractivity contribution in [2.45, 2.75) is 39.2 Å². The summed E-state index contributed by atoms with van der Waals surface area (Å²) in [7, 11) is 1.71. The van der Waals surface area contributed by atoms with Crippen LogP contribution in [0.5, 0.6) is 0 Å². The molecule has 6 heteroatoms. The summed E-state index contributed by atoms with van der Waals surface area (Å²) in [5, 5.41) is 0. The largest absolute Gasteiger partial charge is 0.444 e. The fraction of sp³-hybridized carbons (Fsp3) is 0.556. The molecule has 6 nitrogen and oxygen atoms in total. The van der Waals surface area contributed by atoms with E-state index < -0.39 is 5.60 Å². The lowest BCUT2D eigenvalue weighted by Crippen LogP contribution is -2.40. The molecule has 1 aliphatic heterocycles. The Morgan fingerprint density at radius 1 is 1.38 bits per heavy atom. The number of carbonyl (C=O) groups excluding carboxylic acids is 2. The first kappa shape index (κ1) is 18.1. The zero-order chi connectivity index (χ0) is 17.9. The first-order chi connectivity index (χ1) is 11.2. The summed E-state index contributed by atoms with van der Waals surface area (Å²) in [6.45, 7) is 7.38. The van der Waals surface area contributed by atoms with Crippen LogP contribution in [0.1, 0.15) is 43.1 Å². The topological polar surface area (TPSA) is 75.9 Å². The lowest BCUT2D eigenvalue weighted by Gasteiger charge is -2.30. The molecule has 0 spiro atoms. The molecule has 2 rings (SSSR count). The molecular formula is C18H27N3O3. The number of benzene rings is 1. The molecule has 0 unspecified atom stereocenters. The molecule has 0 saturated heterocycles. The van der Waals surface area contributed by atoms with E-state index in [1.54, 1.807) is 24.1 Å². The summed E-state index contributed by atoms with van der Waals surface area (Å²) in [4.78, 5) is 27.8. The highest BCUT2D eigenvalue weighted by Gasteiger charge is 2.24. The van der Waals surface area contributed by atoms with Gasteiger partial charge in [0.25, 0.3) is 5.91 Å². The second-order valence-electron chi connectivity index (χ2n) is 7.21. The Labute approximate surface area is 143 Å². The Balaban J connectivity index is 1.84. The first-order valence-corrected chi connectivity index (χ1v) is 8.29. The lowest BCUT2D eigenvalue weighted by molar-refractivity contribution is 0.0293. The molecule has 0 aromatic heterocycles. The van der Waals surface area contributed by atoms with Gasteiger partial charge in [0.15, 0.2) is 0 Å². The van der Waals surface area contributed by atoms with Crippen LogP contribution in [0.3, 0.4) is 0 Å². The minimum atomic E-state index is -0.500. The molecule has 1 aromatic carbocycles. The fourth-order valence-electron chi connectivity index (χ4n) is 2.70. The maximum absolute atomic E-state index is 12.5. The highest BCUT2D eigenvalue weighted by Crippen LogP contribution is 2.21. The van der Waals surface area contributed by atoms with Gasteiger partial charge in [0.2, 0.25) is 0 Å². The fourth-order valence-corrected chi connectivity index (χ4v) is 2.70. The number of amides is 2. The van der Waals surface area contributed by atoms with E-state index in [9.17, 15) is 9.59 Å². The summed E-state index contributed by atoms with van der Waals surface area (Å²) in [5.74, 6) is 0.0381. The number of carbonyl (C=O) groups is 2. The van der Waals surface area contributed by atoms with E-state index in [-0.39, 0.29) is 12.0 Å². The summed E-state index contributed by atoms with van der Waals surface area (Å²) in [6.07, 6.45) is 1.19. The third kappa shape index (κ3) is 4.63. The van der Waals surface area contributed by atoms with Crippen molar-refractivity contribution in [2.75, 3.05) is 32.4 Å². The van der Waals surface area contributed by atoms with Crippen molar-refractivity contribution < 1.29 is 14.3 Å². The zero-order valence-corrected chi connectivity index (χ0v) is 15.0. The predicted octanol–water partition coefficient (Wildman–Crippen LogP) is 2.52. The van der Waals surface area contributed by atoms with Gasteiger partial charge in [-0.05, 0) is 57.4 Å². The van der Waals surface area contributed by atoms with E-state index in [2.05, 4.69) is 0 Å². The lowest BCUT2D eigenvalue weighted by atomic mass is 9.98. The molecule has 1 aliphatic rings. The highest BCUT2D eigenvalue weighted by molar-refractivity contribution is 5.97. The molecule has 1 heterocycles. The maximum atomic E-state index is 12.5.